The second kappa shape index (κ2) is 10.2. The Morgan fingerprint density at radius 1 is 1.24 bits per heavy atom. The van der Waals surface area contributed by atoms with Crippen molar-refractivity contribution in [3.63, 3.8) is 0 Å². The zero-order chi connectivity index (χ0) is 27.2. The predicted octanol–water partition coefficient (Wildman–Crippen LogP) is 4.07. The number of fused-ring (bicyclic) bond motifs is 1. The van der Waals surface area contributed by atoms with Gasteiger partial charge in [0, 0.05) is 43.9 Å². The Bertz CT molecular complexity index is 1240. The number of morpholine rings is 1. The molecule has 0 bridgehead atoms. The lowest BCUT2D eigenvalue weighted by atomic mass is 9.86. The monoisotopic (exact) mass is 540 g/mol. The highest BCUT2D eigenvalue weighted by molar-refractivity contribution is 7.89. The molecule has 0 radical (unpaired) electrons. The molecule has 0 spiro atoms. The molecule has 1 saturated heterocycles. The molecule has 1 aromatic heterocycles. The summed E-state index contributed by atoms with van der Waals surface area (Å²) in [6.07, 6.45) is -0.179. The van der Waals surface area contributed by atoms with Crippen LogP contribution in [0.4, 0.5) is 8.78 Å². The summed E-state index contributed by atoms with van der Waals surface area (Å²) < 4.78 is 63.3. The van der Waals surface area contributed by atoms with Gasteiger partial charge in [0.15, 0.2) is 0 Å². The highest BCUT2D eigenvalue weighted by atomic mass is 32.2. The minimum absolute atomic E-state index is 0.0626. The zero-order valence-corrected chi connectivity index (χ0v) is 23.1. The molecule has 1 amide bonds. The highest BCUT2D eigenvalue weighted by Gasteiger charge is 2.37. The number of hydrogen-bond acceptors (Lipinski definition) is 5. The van der Waals surface area contributed by atoms with Gasteiger partial charge in [-0.15, -0.1) is 0 Å². The topological polar surface area (TPSA) is 93.5 Å². The number of nitrogens with one attached hydrogen (secondary N) is 1. The number of aromatic nitrogens is 2. The van der Waals surface area contributed by atoms with E-state index in [2.05, 4.69) is 9.88 Å². The molecule has 2 aliphatic rings. The Morgan fingerprint density at radius 3 is 2.54 bits per heavy atom. The molecule has 2 aromatic rings. The summed E-state index contributed by atoms with van der Waals surface area (Å²) in [5, 5.41) is 2.77. The van der Waals surface area contributed by atoms with Crippen LogP contribution >= 0.6 is 0 Å². The van der Waals surface area contributed by atoms with E-state index in [1.54, 1.807) is 18.2 Å². The van der Waals surface area contributed by atoms with Gasteiger partial charge >= 0.3 is 0 Å². The number of halogens is 2. The molecular formula is C26H38F2N4O4S. The van der Waals surface area contributed by atoms with E-state index in [1.165, 1.54) is 4.31 Å². The molecular weight excluding hydrogens is 502 g/mol. The molecule has 1 atom stereocenters. The van der Waals surface area contributed by atoms with E-state index in [-0.39, 0.29) is 60.7 Å². The zero-order valence-electron chi connectivity index (χ0n) is 22.3. The van der Waals surface area contributed by atoms with Gasteiger partial charge in [-0.1, -0.05) is 20.8 Å². The Labute approximate surface area is 217 Å². The first-order chi connectivity index (χ1) is 17.2. The number of ether oxygens (including phenoxy) is 1. The van der Waals surface area contributed by atoms with Gasteiger partial charge in [0.05, 0.1) is 22.5 Å². The summed E-state index contributed by atoms with van der Waals surface area (Å²) in [4.78, 5) is 17.3. The third-order valence-electron chi connectivity index (χ3n) is 7.06. The fraction of sp³-hybridized carbons (Fsp3) is 0.692. The highest BCUT2D eigenvalue weighted by Crippen LogP contribution is 2.38. The number of alkyl halides is 2. The molecule has 2 heterocycles. The fourth-order valence-corrected chi connectivity index (χ4v) is 6.54. The number of carbonyl (C=O) groups is 1. The number of carbonyl (C=O) groups excluding carboxylic acids is 1. The number of benzene rings is 1. The third-order valence-corrected chi connectivity index (χ3v) is 8.92. The molecule has 8 nitrogen and oxygen atoms in total. The summed E-state index contributed by atoms with van der Waals surface area (Å²) in [6.45, 7) is 10.6. The Hall–Kier alpha value is -2.11. The van der Waals surface area contributed by atoms with E-state index in [0.29, 0.717) is 24.9 Å². The molecule has 1 unspecified atom stereocenters. The van der Waals surface area contributed by atoms with Crippen LogP contribution < -0.4 is 5.32 Å². The van der Waals surface area contributed by atoms with Gasteiger partial charge < -0.3 is 14.6 Å². The van der Waals surface area contributed by atoms with E-state index in [9.17, 15) is 22.0 Å². The van der Waals surface area contributed by atoms with Crippen LogP contribution in [-0.2, 0) is 31.5 Å². The summed E-state index contributed by atoms with van der Waals surface area (Å²) in [7, 11) is -3.89. The first-order valence-corrected chi connectivity index (χ1v) is 14.4. The van der Waals surface area contributed by atoms with Gasteiger partial charge in [0.25, 0.3) is 5.91 Å². The number of nitrogens with zero attached hydrogens (tertiary/aromatic N) is 3. The molecule has 1 aliphatic heterocycles. The van der Waals surface area contributed by atoms with Crippen molar-refractivity contribution in [3.05, 3.63) is 24.0 Å². The summed E-state index contributed by atoms with van der Waals surface area (Å²) in [5.74, 6) is -2.01. The van der Waals surface area contributed by atoms with Crippen LogP contribution in [0, 0.1) is 5.92 Å². The van der Waals surface area contributed by atoms with Crippen LogP contribution in [0.3, 0.4) is 0 Å². The maximum atomic E-state index is 13.7. The maximum Gasteiger partial charge on any atom is 0.250 e. The first-order valence-electron chi connectivity index (χ1n) is 13.0. The smallest absolute Gasteiger partial charge is 0.250 e. The van der Waals surface area contributed by atoms with Gasteiger partial charge in [-0.2, -0.15) is 4.31 Å². The lowest BCUT2D eigenvalue weighted by molar-refractivity contribution is -0.136. The van der Waals surface area contributed by atoms with Crippen LogP contribution in [-0.4, -0.2) is 65.9 Å². The number of sulfonamides is 1. The molecule has 1 N–H and O–H groups in total. The largest absolute Gasteiger partial charge is 0.366 e. The van der Waals surface area contributed by atoms with Crippen molar-refractivity contribution in [2.45, 2.75) is 95.2 Å². The number of imidazole rings is 1. The van der Waals surface area contributed by atoms with Gasteiger partial charge in [-0.3, -0.25) is 4.79 Å². The minimum Gasteiger partial charge on any atom is -0.366 e. The standard InChI is InChI=1S/C26H38F2N4O4S/c1-17(2)29-23(33)22-16-31(12-13-36-22)37(34,35)19-6-7-21-20(14-19)30-24(25(3,4)5)32(21)15-18-8-10-26(27,28)11-9-18/h6-7,14,17-18,22H,8-13,15-16H2,1-5H3,(H,29,33). The second-order valence-electron chi connectivity index (χ2n) is 11.6. The van der Waals surface area contributed by atoms with Crippen molar-refractivity contribution in [2.24, 2.45) is 5.92 Å². The van der Waals surface area contributed by atoms with E-state index >= 15 is 0 Å². The molecule has 11 heteroatoms. The average molecular weight is 541 g/mol. The quantitative estimate of drug-likeness (QED) is 0.596. The van der Waals surface area contributed by atoms with Crippen molar-refractivity contribution in [1.82, 2.24) is 19.2 Å². The summed E-state index contributed by atoms with van der Waals surface area (Å²) >= 11 is 0. The summed E-state index contributed by atoms with van der Waals surface area (Å²) in [6, 6.07) is 4.81. The molecule has 4 rings (SSSR count). The van der Waals surface area contributed by atoms with Crippen molar-refractivity contribution in [3.8, 4) is 0 Å². The Kier molecular flexibility index (Phi) is 7.71. The van der Waals surface area contributed by atoms with Gasteiger partial charge in [0.2, 0.25) is 15.9 Å². The van der Waals surface area contributed by atoms with E-state index < -0.39 is 22.0 Å². The Morgan fingerprint density at radius 2 is 1.92 bits per heavy atom. The van der Waals surface area contributed by atoms with Crippen LogP contribution in [0.1, 0.15) is 66.1 Å². The SMILES string of the molecule is CC(C)NC(=O)C1CN(S(=O)(=O)c2ccc3c(c2)nc(C(C)(C)C)n3CC2CCC(F)(F)CC2)CCO1. The summed E-state index contributed by atoms with van der Waals surface area (Å²) in [5.41, 5.74) is 1.02. The van der Waals surface area contributed by atoms with Crippen molar-refractivity contribution < 1.29 is 26.7 Å². The van der Waals surface area contributed by atoms with E-state index in [4.69, 9.17) is 9.72 Å². The molecule has 1 saturated carbocycles. The van der Waals surface area contributed by atoms with Crippen molar-refractivity contribution in [1.29, 1.82) is 0 Å². The number of hydrogen-bond donors (Lipinski definition) is 1. The van der Waals surface area contributed by atoms with Crippen LogP contribution in [0.5, 0.6) is 0 Å². The predicted molar refractivity (Wildman–Crippen MR) is 137 cm³/mol. The molecule has 2 fully saturated rings. The lowest BCUT2D eigenvalue weighted by Crippen LogP contribution is -2.52. The average Bonchev–Trinajstić information content (AvgIpc) is 3.18. The van der Waals surface area contributed by atoms with Crippen LogP contribution in [0.25, 0.3) is 11.0 Å². The van der Waals surface area contributed by atoms with Crippen molar-refractivity contribution >= 4 is 27.0 Å². The molecule has 206 valence electrons. The van der Waals surface area contributed by atoms with Gasteiger partial charge in [-0.25, -0.2) is 22.2 Å². The number of rotatable bonds is 6. The van der Waals surface area contributed by atoms with E-state index in [0.717, 1.165) is 11.3 Å². The second-order valence-corrected chi connectivity index (χ2v) is 13.6. The van der Waals surface area contributed by atoms with Gasteiger partial charge in [0.1, 0.15) is 11.9 Å². The van der Waals surface area contributed by atoms with Crippen LogP contribution in [0.15, 0.2) is 23.1 Å². The van der Waals surface area contributed by atoms with E-state index in [1.807, 2.05) is 34.6 Å². The molecule has 1 aromatic carbocycles. The van der Waals surface area contributed by atoms with Crippen molar-refractivity contribution in [2.75, 3.05) is 19.7 Å². The molecule has 37 heavy (non-hydrogen) atoms. The number of amides is 1. The Balaban J connectivity index is 1.62. The maximum absolute atomic E-state index is 13.7. The normalized spacial score (nSPS) is 22.0. The fourth-order valence-electron chi connectivity index (χ4n) is 5.10. The first kappa shape index (κ1) is 27.9. The minimum atomic E-state index is -3.89. The lowest BCUT2D eigenvalue weighted by Gasteiger charge is -2.31. The van der Waals surface area contributed by atoms with Crippen LogP contribution in [0.2, 0.25) is 0 Å². The molecule has 1 aliphatic carbocycles. The van der Waals surface area contributed by atoms with Gasteiger partial charge in [-0.05, 0) is 50.8 Å². The third kappa shape index (κ3) is 6.15.